The lowest BCUT2D eigenvalue weighted by Crippen LogP contribution is -2.18. The molecule has 0 bridgehead atoms. The van der Waals surface area contributed by atoms with E-state index < -0.39 is 12.8 Å². The third-order valence-electron chi connectivity index (χ3n) is 2.30. The largest absolute Gasteiger partial charge is 0.508 e. The highest BCUT2D eigenvalue weighted by atomic mass is 19.4. The van der Waals surface area contributed by atoms with Crippen LogP contribution in [0, 0.1) is 0 Å². The molecule has 0 saturated heterocycles. The molecule has 0 radical (unpaired) electrons. The highest BCUT2D eigenvalue weighted by molar-refractivity contribution is 5.55. The van der Waals surface area contributed by atoms with Crippen molar-refractivity contribution in [2.45, 2.75) is 12.6 Å². The number of nitrogens with zero attached hydrogens (tertiary/aromatic N) is 2. The molecule has 1 heterocycles. The average molecular weight is 288 g/mol. The quantitative estimate of drug-likeness (QED) is 0.856. The fourth-order valence-corrected chi connectivity index (χ4v) is 1.46. The molecule has 20 heavy (non-hydrogen) atoms. The molecule has 2 rings (SSSR count). The third-order valence-corrected chi connectivity index (χ3v) is 2.30. The maximum Gasteiger partial charge on any atom is 0.411 e. The van der Waals surface area contributed by atoms with Crippen molar-refractivity contribution in [2.24, 2.45) is 0 Å². The number of halogens is 3. The number of phenolic OH excluding ortho intramolecular Hbond substituents is 1. The summed E-state index contributed by atoms with van der Waals surface area (Å²) >= 11 is 0. The zero-order valence-corrected chi connectivity index (χ0v) is 10.2. The van der Waals surface area contributed by atoms with Crippen LogP contribution in [0.2, 0.25) is 0 Å². The van der Waals surface area contributed by atoms with Gasteiger partial charge in [-0.25, -0.2) is 0 Å². The minimum atomic E-state index is -4.34. The minimum Gasteiger partial charge on any atom is -0.508 e. The van der Waals surface area contributed by atoms with Gasteiger partial charge >= 0.3 is 6.18 Å². The summed E-state index contributed by atoms with van der Waals surface area (Å²) in [5.41, 5.74) is 0.528. The van der Waals surface area contributed by atoms with Gasteiger partial charge in [-0.2, -0.15) is 18.2 Å². The molecular formula is C12H11F3N2O3. The lowest BCUT2D eigenvalue weighted by molar-refractivity contribution is -0.173. The number of aromatic hydroxyl groups is 1. The maximum atomic E-state index is 11.8. The predicted octanol–water partition coefficient (Wildman–Crippen LogP) is 2.56. The van der Waals surface area contributed by atoms with Gasteiger partial charge in [-0.15, -0.1) is 0 Å². The molecule has 0 unspecified atom stereocenters. The molecule has 0 aliphatic carbocycles. The van der Waals surface area contributed by atoms with Crippen LogP contribution in [-0.2, 0) is 11.2 Å². The second-order valence-electron chi connectivity index (χ2n) is 3.98. The highest BCUT2D eigenvalue weighted by Gasteiger charge is 2.27. The van der Waals surface area contributed by atoms with Crippen molar-refractivity contribution in [1.82, 2.24) is 10.1 Å². The normalized spacial score (nSPS) is 11.8. The molecular weight excluding hydrogens is 277 g/mol. The van der Waals surface area contributed by atoms with Crippen molar-refractivity contribution in [3.8, 4) is 17.2 Å². The van der Waals surface area contributed by atoms with Crippen LogP contribution < -0.4 is 0 Å². The molecule has 108 valence electrons. The molecule has 5 nitrogen and oxygen atoms in total. The Bertz CT molecular complexity index is 569. The van der Waals surface area contributed by atoms with Crippen LogP contribution in [0.25, 0.3) is 11.5 Å². The molecule has 0 aliphatic rings. The molecule has 0 spiro atoms. The number of benzene rings is 1. The SMILES string of the molecule is Oc1cccc(-c2nc(CCOCC(F)(F)F)no2)c1. The fraction of sp³-hybridized carbons (Fsp3) is 0.333. The van der Waals surface area contributed by atoms with Crippen LogP contribution in [0.4, 0.5) is 13.2 Å². The zero-order chi connectivity index (χ0) is 14.6. The lowest BCUT2D eigenvalue weighted by atomic mass is 10.2. The van der Waals surface area contributed by atoms with Crippen molar-refractivity contribution in [3.05, 3.63) is 30.1 Å². The summed E-state index contributed by atoms with van der Waals surface area (Å²) in [6.07, 6.45) is -4.23. The molecule has 8 heteroatoms. The Hall–Kier alpha value is -2.09. The zero-order valence-electron chi connectivity index (χ0n) is 10.2. The van der Waals surface area contributed by atoms with Gasteiger partial charge in [0.2, 0.25) is 0 Å². The van der Waals surface area contributed by atoms with Crippen LogP contribution in [0.3, 0.4) is 0 Å². The predicted molar refractivity (Wildman–Crippen MR) is 62.0 cm³/mol. The van der Waals surface area contributed by atoms with Gasteiger partial charge in [-0.3, -0.25) is 0 Å². The van der Waals surface area contributed by atoms with E-state index in [4.69, 9.17) is 4.52 Å². The third kappa shape index (κ3) is 4.23. The standard InChI is InChI=1S/C12H11F3N2O3/c13-12(14,15)7-19-5-4-10-16-11(20-17-10)8-2-1-3-9(18)6-8/h1-3,6,18H,4-5,7H2. The van der Waals surface area contributed by atoms with Gasteiger partial charge in [0.05, 0.1) is 6.61 Å². The highest BCUT2D eigenvalue weighted by Crippen LogP contribution is 2.21. The van der Waals surface area contributed by atoms with E-state index in [1.54, 1.807) is 12.1 Å². The van der Waals surface area contributed by atoms with Gasteiger partial charge in [0.15, 0.2) is 5.82 Å². The first-order valence-electron chi connectivity index (χ1n) is 5.70. The van der Waals surface area contributed by atoms with Crippen molar-refractivity contribution in [3.63, 3.8) is 0 Å². The topological polar surface area (TPSA) is 68.4 Å². The minimum absolute atomic E-state index is 0.0516. The Balaban J connectivity index is 1.90. The van der Waals surface area contributed by atoms with Gasteiger partial charge in [-0.05, 0) is 18.2 Å². The van der Waals surface area contributed by atoms with E-state index in [-0.39, 0.29) is 30.5 Å². The lowest BCUT2D eigenvalue weighted by Gasteiger charge is -2.05. The van der Waals surface area contributed by atoms with Crippen molar-refractivity contribution < 1.29 is 27.5 Å². The summed E-state index contributed by atoms with van der Waals surface area (Å²) in [6.45, 7) is -1.46. The van der Waals surface area contributed by atoms with Gasteiger partial charge < -0.3 is 14.4 Å². The first kappa shape index (κ1) is 14.3. The smallest absolute Gasteiger partial charge is 0.411 e. The van der Waals surface area contributed by atoms with Gasteiger partial charge in [0.1, 0.15) is 12.4 Å². The van der Waals surface area contributed by atoms with E-state index in [1.807, 2.05) is 0 Å². The summed E-state index contributed by atoms with van der Waals surface area (Å²) in [4.78, 5) is 4.01. The Morgan fingerprint density at radius 1 is 1.30 bits per heavy atom. The Morgan fingerprint density at radius 2 is 2.10 bits per heavy atom. The number of hydrogen-bond donors (Lipinski definition) is 1. The second kappa shape index (κ2) is 5.91. The number of aromatic nitrogens is 2. The molecule has 0 aliphatic heterocycles. The first-order chi connectivity index (χ1) is 9.44. The van der Waals surface area contributed by atoms with Crippen LogP contribution in [0.5, 0.6) is 5.75 Å². The molecule has 0 saturated carbocycles. The van der Waals surface area contributed by atoms with Crippen LogP contribution in [0.1, 0.15) is 5.82 Å². The Kier molecular flexibility index (Phi) is 4.23. The van der Waals surface area contributed by atoms with Crippen LogP contribution >= 0.6 is 0 Å². The van der Waals surface area contributed by atoms with E-state index in [1.165, 1.54) is 12.1 Å². The molecule has 0 amide bonds. The number of phenols is 1. The van der Waals surface area contributed by atoms with Gasteiger partial charge in [0, 0.05) is 12.0 Å². The van der Waals surface area contributed by atoms with Gasteiger partial charge in [0.25, 0.3) is 5.89 Å². The Morgan fingerprint density at radius 3 is 2.80 bits per heavy atom. The number of alkyl halides is 3. The second-order valence-corrected chi connectivity index (χ2v) is 3.98. The fourth-order valence-electron chi connectivity index (χ4n) is 1.46. The monoisotopic (exact) mass is 288 g/mol. The first-order valence-corrected chi connectivity index (χ1v) is 5.70. The molecule has 1 aromatic heterocycles. The van der Waals surface area contributed by atoms with Crippen LogP contribution in [0.15, 0.2) is 28.8 Å². The summed E-state index contributed by atoms with van der Waals surface area (Å²) in [7, 11) is 0. The van der Waals surface area contributed by atoms with Gasteiger partial charge in [-0.1, -0.05) is 11.2 Å². The van der Waals surface area contributed by atoms with Crippen LogP contribution in [-0.4, -0.2) is 34.6 Å². The summed E-state index contributed by atoms with van der Waals surface area (Å²) < 4.78 is 44.9. The van der Waals surface area contributed by atoms with E-state index in [9.17, 15) is 18.3 Å². The van der Waals surface area contributed by atoms with Crippen molar-refractivity contribution in [1.29, 1.82) is 0 Å². The van der Waals surface area contributed by atoms with E-state index in [2.05, 4.69) is 14.9 Å². The summed E-state index contributed by atoms with van der Waals surface area (Å²) in [6, 6.07) is 6.21. The summed E-state index contributed by atoms with van der Waals surface area (Å²) in [5, 5.41) is 12.9. The molecule has 0 fully saturated rings. The summed E-state index contributed by atoms with van der Waals surface area (Å²) in [5.74, 6) is 0.480. The van der Waals surface area contributed by atoms with Crippen molar-refractivity contribution >= 4 is 0 Å². The number of rotatable bonds is 5. The number of ether oxygens (including phenoxy) is 1. The van der Waals surface area contributed by atoms with Crippen molar-refractivity contribution in [2.75, 3.05) is 13.2 Å². The maximum absolute atomic E-state index is 11.8. The molecule has 0 atom stereocenters. The van der Waals surface area contributed by atoms with E-state index in [0.717, 1.165) is 0 Å². The Labute approximate surface area is 112 Å². The number of hydrogen-bond acceptors (Lipinski definition) is 5. The molecule has 1 N–H and O–H groups in total. The molecule has 2 aromatic rings. The molecule has 1 aromatic carbocycles. The van der Waals surface area contributed by atoms with E-state index in [0.29, 0.717) is 5.56 Å². The van der Waals surface area contributed by atoms with E-state index >= 15 is 0 Å². The average Bonchev–Trinajstić information content (AvgIpc) is 2.82.